The summed E-state index contributed by atoms with van der Waals surface area (Å²) in [6.07, 6.45) is 3.22. The largest absolute Gasteiger partial charge is 0.476 e. The molecule has 0 atom stereocenters. The zero-order valence-electron chi connectivity index (χ0n) is 8.51. The fourth-order valence-corrected chi connectivity index (χ4v) is 2.62. The van der Waals surface area contributed by atoms with Crippen molar-refractivity contribution in [2.24, 2.45) is 4.99 Å². The minimum Gasteiger partial charge on any atom is -0.476 e. The van der Waals surface area contributed by atoms with Crippen LogP contribution in [0.15, 0.2) is 16.1 Å². The van der Waals surface area contributed by atoms with Gasteiger partial charge in [0.1, 0.15) is 0 Å². The van der Waals surface area contributed by atoms with Crippen LogP contribution in [0.3, 0.4) is 0 Å². The molecule has 0 aromatic carbocycles. The molecule has 1 aliphatic heterocycles. The molecule has 2 N–H and O–H groups in total. The molecule has 0 amide bonds. The summed E-state index contributed by atoms with van der Waals surface area (Å²) < 4.78 is 23.0. The van der Waals surface area contributed by atoms with Crippen LogP contribution in [-0.4, -0.2) is 37.1 Å². The Bertz CT molecular complexity index is 474. The number of nitrogens with one attached hydrogen (secondary N) is 1. The van der Waals surface area contributed by atoms with Crippen molar-refractivity contribution in [2.75, 3.05) is 6.54 Å². The third-order valence-electron chi connectivity index (χ3n) is 2.71. The number of sulfone groups is 1. The molecular formula is C9H12N2O4S. The number of carboxylic acids is 1. The Labute approximate surface area is 93.0 Å². The van der Waals surface area contributed by atoms with Gasteiger partial charge in [0.25, 0.3) is 0 Å². The average molecular weight is 244 g/mol. The molecule has 1 saturated carbocycles. The molecule has 0 radical (unpaired) electrons. The normalized spacial score (nSPS) is 23.5. The van der Waals surface area contributed by atoms with Gasteiger partial charge in [-0.15, -0.1) is 0 Å². The first kappa shape index (κ1) is 11.3. The smallest absolute Gasteiger partial charge is 0.355 e. The topological polar surface area (TPSA) is 95.8 Å². The molecule has 2 rings (SSSR count). The van der Waals surface area contributed by atoms with Gasteiger partial charge in [-0.2, -0.15) is 0 Å². The molecule has 88 valence electrons. The zero-order chi connectivity index (χ0) is 11.8. The second-order valence-electron chi connectivity index (χ2n) is 3.87. The van der Waals surface area contributed by atoms with Crippen molar-refractivity contribution in [3.8, 4) is 0 Å². The first-order valence-electron chi connectivity index (χ1n) is 5.00. The van der Waals surface area contributed by atoms with Gasteiger partial charge >= 0.3 is 5.97 Å². The van der Waals surface area contributed by atoms with E-state index in [-0.39, 0.29) is 11.6 Å². The van der Waals surface area contributed by atoms with Gasteiger partial charge < -0.3 is 10.4 Å². The zero-order valence-corrected chi connectivity index (χ0v) is 9.33. The lowest BCUT2D eigenvalue weighted by molar-refractivity contribution is -0.132. The van der Waals surface area contributed by atoms with Crippen LogP contribution < -0.4 is 5.32 Å². The number of hydrogen-bond acceptors (Lipinski definition) is 5. The Morgan fingerprint density at radius 1 is 1.56 bits per heavy atom. The third kappa shape index (κ3) is 2.14. The number of aliphatic imine (C=N–C) groups is 1. The summed E-state index contributed by atoms with van der Waals surface area (Å²) in [4.78, 5) is 14.2. The molecule has 6 nitrogen and oxygen atoms in total. The maximum Gasteiger partial charge on any atom is 0.355 e. The molecule has 16 heavy (non-hydrogen) atoms. The van der Waals surface area contributed by atoms with Crippen molar-refractivity contribution < 1.29 is 18.3 Å². The lowest BCUT2D eigenvalue weighted by Crippen LogP contribution is -2.39. The summed E-state index contributed by atoms with van der Waals surface area (Å²) in [6.45, 7) is 0.111. The van der Waals surface area contributed by atoms with E-state index in [0.717, 1.165) is 19.3 Å². The lowest BCUT2D eigenvalue weighted by atomic mass is 9.93. The first-order chi connectivity index (χ1) is 7.49. The average Bonchev–Trinajstić information content (AvgIpc) is 2.39. The lowest BCUT2D eigenvalue weighted by Gasteiger charge is -2.26. The van der Waals surface area contributed by atoms with Crippen LogP contribution in [0.4, 0.5) is 0 Å². The van der Waals surface area contributed by atoms with Crippen LogP contribution in [0.25, 0.3) is 0 Å². The van der Waals surface area contributed by atoms with Crippen LogP contribution in [0.5, 0.6) is 0 Å². The molecule has 1 fully saturated rings. The van der Waals surface area contributed by atoms with Crippen molar-refractivity contribution in [1.82, 2.24) is 5.32 Å². The standard InChI is InChI=1S/C9H12N2O4S/c12-9(13)7-5-16(14,15)8(11-7)4-10-6-2-1-3-6/h5-6,10H,1-4H2,(H,12,13). The van der Waals surface area contributed by atoms with Gasteiger partial charge in [-0.25, -0.2) is 18.2 Å². The van der Waals surface area contributed by atoms with Gasteiger partial charge in [-0.05, 0) is 12.8 Å². The van der Waals surface area contributed by atoms with E-state index in [0.29, 0.717) is 11.4 Å². The van der Waals surface area contributed by atoms with Crippen molar-refractivity contribution in [2.45, 2.75) is 25.3 Å². The van der Waals surface area contributed by atoms with E-state index in [1.165, 1.54) is 0 Å². The van der Waals surface area contributed by atoms with Crippen LogP contribution in [0.1, 0.15) is 19.3 Å². The van der Waals surface area contributed by atoms with Crippen LogP contribution in [0.2, 0.25) is 0 Å². The number of nitrogens with zero attached hydrogens (tertiary/aromatic N) is 1. The Morgan fingerprint density at radius 2 is 2.25 bits per heavy atom. The van der Waals surface area contributed by atoms with Crippen molar-refractivity contribution in [3.05, 3.63) is 11.1 Å². The maximum absolute atomic E-state index is 11.5. The molecule has 7 heteroatoms. The number of aliphatic carboxylic acids is 1. The second-order valence-corrected chi connectivity index (χ2v) is 5.66. The predicted octanol–water partition coefficient (Wildman–Crippen LogP) is -0.119. The number of carbonyl (C=O) groups is 1. The van der Waals surface area contributed by atoms with Gasteiger partial charge in [-0.3, -0.25) is 0 Å². The number of rotatable bonds is 4. The number of hydrogen-bond donors (Lipinski definition) is 2. The maximum atomic E-state index is 11.5. The minimum atomic E-state index is -3.62. The summed E-state index contributed by atoms with van der Waals surface area (Å²) in [5.74, 6) is -1.32. The summed E-state index contributed by atoms with van der Waals surface area (Å²) in [6, 6.07) is 0.340. The van der Waals surface area contributed by atoms with Crippen molar-refractivity contribution >= 4 is 20.9 Å². The SMILES string of the molecule is O=C(O)C1=CS(=O)(=O)C(CNC2CCC2)=N1. The van der Waals surface area contributed by atoms with E-state index in [4.69, 9.17) is 5.11 Å². The Balaban J connectivity index is 2.04. The molecule has 0 spiro atoms. The first-order valence-corrected chi connectivity index (χ1v) is 6.55. The highest BCUT2D eigenvalue weighted by Crippen LogP contribution is 2.19. The van der Waals surface area contributed by atoms with Crippen molar-refractivity contribution in [1.29, 1.82) is 0 Å². The Hall–Kier alpha value is -1.21. The van der Waals surface area contributed by atoms with Crippen LogP contribution >= 0.6 is 0 Å². The van der Waals surface area contributed by atoms with Gasteiger partial charge in [0.15, 0.2) is 10.7 Å². The Kier molecular flexibility index (Phi) is 2.81. The number of carboxylic acid groups (broad SMARTS) is 1. The summed E-state index contributed by atoms with van der Waals surface area (Å²) in [7, 11) is -3.62. The molecule has 0 aromatic heterocycles. The molecule has 1 heterocycles. The highest BCUT2D eigenvalue weighted by atomic mass is 32.2. The highest BCUT2D eigenvalue weighted by Gasteiger charge is 2.29. The van der Waals surface area contributed by atoms with Crippen LogP contribution in [-0.2, 0) is 14.6 Å². The summed E-state index contributed by atoms with van der Waals surface area (Å²) >= 11 is 0. The van der Waals surface area contributed by atoms with Gasteiger partial charge in [0.2, 0.25) is 9.84 Å². The Morgan fingerprint density at radius 3 is 2.69 bits per heavy atom. The van der Waals surface area contributed by atoms with Gasteiger partial charge in [0.05, 0.1) is 5.41 Å². The second kappa shape index (κ2) is 3.99. The quantitative estimate of drug-likeness (QED) is 0.718. The van der Waals surface area contributed by atoms with E-state index in [2.05, 4.69) is 10.3 Å². The third-order valence-corrected chi connectivity index (χ3v) is 4.13. The molecular weight excluding hydrogens is 232 g/mol. The fourth-order valence-electron chi connectivity index (χ4n) is 1.52. The summed E-state index contributed by atoms with van der Waals surface area (Å²) in [5, 5.41) is 12.3. The van der Waals surface area contributed by atoms with E-state index in [1.807, 2.05) is 0 Å². The fraction of sp³-hybridized carbons (Fsp3) is 0.556. The minimum absolute atomic E-state index is 0.100. The van der Waals surface area contributed by atoms with Crippen LogP contribution in [0, 0.1) is 0 Å². The molecule has 2 aliphatic rings. The monoisotopic (exact) mass is 244 g/mol. The molecule has 0 saturated heterocycles. The molecule has 0 bridgehead atoms. The van der Waals surface area contributed by atoms with E-state index >= 15 is 0 Å². The highest BCUT2D eigenvalue weighted by molar-refractivity contribution is 8.09. The van der Waals surface area contributed by atoms with Crippen molar-refractivity contribution in [3.63, 3.8) is 0 Å². The van der Waals surface area contributed by atoms with E-state index in [1.54, 1.807) is 0 Å². The molecule has 0 aromatic rings. The molecule has 0 unspecified atom stereocenters. The summed E-state index contributed by atoms with van der Waals surface area (Å²) in [5.41, 5.74) is -0.412. The van der Waals surface area contributed by atoms with Gasteiger partial charge in [0, 0.05) is 12.6 Å². The van der Waals surface area contributed by atoms with E-state index < -0.39 is 21.5 Å². The van der Waals surface area contributed by atoms with E-state index in [9.17, 15) is 13.2 Å². The predicted molar refractivity (Wildman–Crippen MR) is 57.7 cm³/mol. The molecule has 1 aliphatic carbocycles. The van der Waals surface area contributed by atoms with Gasteiger partial charge in [-0.1, -0.05) is 6.42 Å².